The number of sulfonamides is 1. The van der Waals surface area contributed by atoms with E-state index >= 15 is 0 Å². The Bertz CT molecular complexity index is 563. The summed E-state index contributed by atoms with van der Waals surface area (Å²) < 4.78 is 25.0. The highest BCUT2D eigenvalue weighted by Gasteiger charge is 2.28. The molecule has 2 rings (SSSR count). The number of hydrogen-bond donors (Lipinski definition) is 0. The van der Waals surface area contributed by atoms with Crippen molar-refractivity contribution in [2.24, 2.45) is 0 Å². The predicted molar refractivity (Wildman–Crippen MR) is 71.9 cm³/mol. The van der Waals surface area contributed by atoms with Gasteiger partial charge in [-0.05, 0) is 24.1 Å². The molecule has 4 nitrogen and oxygen atoms in total. The number of carbonyl (C=O) groups is 1. The van der Waals surface area contributed by atoms with Gasteiger partial charge in [0.05, 0.1) is 11.4 Å². The average Bonchev–Trinajstić information content (AvgIpc) is 2.70. The molecule has 96 valence electrons. The summed E-state index contributed by atoms with van der Waals surface area (Å²) in [5.41, 5.74) is 1.59. The molecule has 1 aliphatic rings. The van der Waals surface area contributed by atoms with Crippen molar-refractivity contribution in [3.05, 3.63) is 35.9 Å². The highest BCUT2D eigenvalue weighted by molar-refractivity contribution is 7.93. The Balaban J connectivity index is 2.24. The summed E-state index contributed by atoms with van der Waals surface area (Å²) in [4.78, 5) is 10.2. The van der Waals surface area contributed by atoms with Crippen LogP contribution in [0.25, 0.3) is 6.08 Å². The first kappa shape index (κ1) is 12.8. The minimum atomic E-state index is -3.13. The molecule has 1 aliphatic heterocycles. The molecular formula is C13H15NO3S. The van der Waals surface area contributed by atoms with Crippen molar-refractivity contribution in [1.82, 2.24) is 0 Å². The monoisotopic (exact) mass is 265 g/mol. The largest absolute Gasteiger partial charge is 0.303 e. The van der Waals surface area contributed by atoms with E-state index in [1.807, 2.05) is 24.3 Å². The van der Waals surface area contributed by atoms with Crippen LogP contribution in [0.2, 0.25) is 0 Å². The molecule has 1 heterocycles. The van der Waals surface area contributed by atoms with Gasteiger partial charge in [0.25, 0.3) is 0 Å². The standard InChI is InChI=1S/C13H15NO3S/c15-9-2-1-5-12-6-3-7-13(11-12)14-8-4-10-18(14,16)17/h1,3,5-7,9,11H,2,4,8,10H2. The second-order valence-electron chi connectivity index (χ2n) is 4.14. The van der Waals surface area contributed by atoms with E-state index in [1.54, 1.807) is 12.1 Å². The Hall–Kier alpha value is -1.62. The molecular weight excluding hydrogens is 250 g/mol. The summed E-state index contributed by atoms with van der Waals surface area (Å²) in [5, 5.41) is 0. The molecule has 0 unspecified atom stereocenters. The number of rotatable bonds is 4. The van der Waals surface area contributed by atoms with Gasteiger partial charge < -0.3 is 4.79 Å². The van der Waals surface area contributed by atoms with E-state index in [4.69, 9.17) is 0 Å². The third-order valence-corrected chi connectivity index (χ3v) is 4.67. The van der Waals surface area contributed by atoms with Crippen molar-refractivity contribution in [3.63, 3.8) is 0 Å². The van der Waals surface area contributed by atoms with Gasteiger partial charge in [0, 0.05) is 13.0 Å². The van der Waals surface area contributed by atoms with E-state index < -0.39 is 10.0 Å². The summed E-state index contributed by atoms with van der Waals surface area (Å²) in [6, 6.07) is 7.32. The lowest BCUT2D eigenvalue weighted by Crippen LogP contribution is -2.24. The lowest BCUT2D eigenvalue weighted by atomic mass is 10.2. The van der Waals surface area contributed by atoms with Crippen LogP contribution in [0.5, 0.6) is 0 Å². The van der Waals surface area contributed by atoms with E-state index in [0.717, 1.165) is 11.8 Å². The molecule has 0 spiro atoms. The van der Waals surface area contributed by atoms with Crippen molar-refractivity contribution in [2.45, 2.75) is 12.8 Å². The van der Waals surface area contributed by atoms with E-state index in [-0.39, 0.29) is 5.75 Å². The average molecular weight is 265 g/mol. The third-order valence-electron chi connectivity index (χ3n) is 2.80. The van der Waals surface area contributed by atoms with Crippen LogP contribution < -0.4 is 4.31 Å². The molecule has 5 heteroatoms. The van der Waals surface area contributed by atoms with Gasteiger partial charge in [0.15, 0.2) is 0 Å². The van der Waals surface area contributed by atoms with Crippen molar-refractivity contribution >= 4 is 28.1 Å². The first-order chi connectivity index (χ1) is 8.63. The molecule has 0 saturated carbocycles. The number of hydrogen-bond acceptors (Lipinski definition) is 3. The van der Waals surface area contributed by atoms with Crippen molar-refractivity contribution in [1.29, 1.82) is 0 Å². The van der Waals surface area contributed by atoms with Gasteiger partial charge in [-0.1, -0.05) is 24.3 Å². The van der Waals surface area contributed by atoms with E-state index in [2.05, 4.69) is 0 Å². The highest BCUT2D eigenvalue weighted by Crippen LogP contribution is 2.25. The lowest BCUT2D eigenvalue weighted by molar-refractivity contribution is -0.107. The van der Waals surface area contributed by atoms with Crippen LogP contribution >= 0.6 is 0 Å². The molecule has 1 aromatic rings. The predicted octanol–water partition coefficient (Wildman–Crippen LogP) is 1.83. The van der Waals surface area contributed by atoms with Crippen LogP contribution in [-0.2, 0) is 14.8 Å². The van der Waals surface area contributed by atoms with Crippen LogP contribution in [0, 0.1) is 0 Å². The molecule has 1 aromatic carbocycles. The zero-order chi connectivity index (χ0) is 13.0. The topological polar surface area (TPSA) is 54.5 Å². The Kier molecular flexibility index (Phi) is 3.81. The Morgan fingerprint density at radius 1 is 1.33 bits per heavy atom. The van der Waals surface area contributed by atoms with Crippen LogP contribution in [0.15, 0.2) is 30.3 Å². The summed E-state index contributed by atoms with van der Waals surface area (Å²) in [6.45, 7) is 0.545. The molecule has 0 aliphatic carbocycles. The van der Waals surface area contributed by atoms with Gasteiger partial charge in [-0.2, -0.15) is 0 Å². The number of allylic oxidation sites excluding steroid dienone is 1. The van der Waals surface area contributed by atoms with Gasteiger partial charge >= 0.3 is 0 Å². The SMILES string of the molecule is O=CCC=Cc1cccc(N2CCCS2(=O)=O)c1. The van der Waals surface area contributed by atoms with Gasteiger partial charge in [-0.3, -0.25) is 4.31 Å². The molecule has 0 radical (unpaired) electrons. The van der Waals surface area contributed by atoms with Gasteiger partial charge in [-0.25, -0.2) is 8.42 Å². The quantitative estimate of drug-likeness (QED) is 0.780. The van der Waals surface area contributed by atoms with Gasteiger partial charge in [0.1, 0.15) is 6.29 Å². The second kappa shape index (κ2) is 5.35. The van der Waals surface area contributed by atoms with Crippen LogP contribution in [0.4, 0.5) is 5.69 Å². The molecule has 1 saturated heterocycles. The van der Waals surface area contributed by atoms with Crippen LogP contribution in [0.1, 0.15) is 18.4 Å². The summed E-state index contributed by atoms with van der Waals surface area (Å²) in [7, 11) is -3.13. The normalized spacial score (nSPS) is 18.3. The molecule has 1 fully saturated rings. The summed E-state index contributed by atoms with van der Waals surface area (Å²) in [5.74, 6) is 0.220. The number of benzene rings is 1. The van der Waals surface area contributed by atoms with Crippen LogP contribution in [0.3, 0.4) is 0 Å². The Morgan fingerprint density at radius 2 is 2.17 bits per heavy atom. The zero-order valence-electron chi connectivity index (χ0n) is 9.95. The number of carbonyl (C=O) groups excluding carboxylic acids is 1. The smallest absolute Gasteiger partial charge is 0.235 e. The molecule has 0 atom stereocenters. The van der Waals surface area contributed by atoms with Crippen molar-refractivity contribution in [3.8, 4) is 0 Å². The number of aldehydes is 1. The van der Waals surface area contributed by atoms with Crippen LogP contribution in [-0.4, -0.2) is 27.0 Å². The third kappa shape index (κ3) is 2.79. The molecule has 0 amide bonds. The maximum absolute atomic E-state index is 11.8. The fourth-order valence-electron chi connectivity index (χ4n) is 1.97. The number of nitrogens with zero attached hydrogens (tertiary/aromatic N) is 1. The lowest BCUT2D eigenvalue weighted by Gasteiger charge is -2.17. The number of anilines is 1. The Labute approximate surface area is 107 Å². The maximum Gasteiger partial charge on any atom is 0.235 e. The Morgan fingerprint density at radius 3 is 2.83 bits per heavy atom. The maximum atomic E-state index is 11.8. The second-order valence-corrected chi connectivity index (χ2v) is 6.15. The minimum Gasteiger partial charge on any atom is -0.303 e. The molecule has 0 N–H and O–H groups in total. The van der Waals surface area contributed by atoms with Gasteiger partial charge in [0.2, 0.25) is 10.0 Å². The first-order valence-electron chi connectivity index (χ1n) is 5.84. The summed E-state index contributed by atoms with van der Waals surface area (Å²) >= 11 is 0. The fraction of sp³-hybridized carbons (Fsp3) is 0.308. The zero-order valence-corrected chi connectivity index (χ0v) is 10.8. The minimum absolute atomic E-state index is 0.220. The fourth-order valence-corrected chi connectivity index (χ4v) is 3.53. The molecule has 0 bridgehead atoms. The van der Waals surface area contributed by atoms with E-state index in [9.17, 15) is 13.2 Å². The highest BCUT2D eigenvalue weighted by atomic mass is 32.2. The summed E-state index contributed by atoms with van der Waals surface area (Å²) in [6.07, 6.45) is 5.44. The molecule has 0 aromatic heterocycles. The molecule has 18 heavy (non-hydrogen) atoms. The van der Waals surface area contributed by atoms with Crippen molar-refractivity contribution < 1.29 is 13.2 Å². The van der Waals surface area contributed by atoms with Gasteiger partial charge in [-0.15, -0.1) is 0 Å². The van der Waals surface area contributed by atoms with E-state index in [1.165, 1.54) is 4.31 Å². The first-order valence-corrected chi connectivity index (χ1v) is 7.45. The van der Waals surface area contributed by atoms with E-state index in [0.29, 0.717) is 25.1 Å². The van der Waals surface area contributed by atoms with Crippen molar-refractivity contribution in [2.75, 3.05) is 16.6 Å².